The van der Waals surface area contributed by atoms with Gasteiger partial charge in [-0.1, -0.05) is 32.4 Å². The molecule has 0 aliphatic heterocycles. The van der Waals surface area contributed by atoms with E-state index in [1.165, 1.54) is 25.7 Å². The van der Waals surface area contributed by atoms with Gasteiger partial charge in [-0.25, -0.2) is 4.98 Å². The van der Waals surface area contributed by atoms with Gasteiger partial charge >= 0.3 is 0 Å². The van der Waals surface area contributed by atoms with E-state index in [9.17, 15) is 0 Å². The first-order valence-corrected chi connectivity index (χ1v) is 8.17. The Hall–Kier alpha value is -1.22. The average Bonchev–Trinajstić information content (AvgIpc) is 2.77. The molecule has 0 radical (unpaired) electrons. The number of anilines is 1. The van der Waals surface area contributed by atoms with Crippen LogP contribution in [0.15, 0.2) is 18.3 Å². The minimum absolute atomic E-state index is 0.402. The number of nitrogens with two attached hydrogens (primary N) is 1. The van der Waals surface area contributed by atoms with Gasteiger partial charge in [-0.3, -0.25) is 4.40 Å². The van der Waals surface area contributed by atoms with Gasteiger partial charge in [0.25, 0.3) is 0 Å². The van der Waals surface area contributed by atoms with E-state index in [2.05, 4.69) is 20.8 Å². The Morgan fingerprint density at radius 2 is 1.90 bits per heavy atom. The van der Waals surface area contributed by atoms with Crippen molar-refractivity contribution < 1.29 is 0 Å². The van der Waals surface area contributed by atoms with Crippen LogP contribution in [0.5, 0.6) is 0 Å². The molecule has 3 rings (SSSR count). The second-order valence-electron chi connectivity index (χ2n) is 7.35. The van der Waals surface area contributed by atoms with Gasteiger partial charge in [-0.05, 0) is 49.1 Å². The van der Waals surface area contributed by atoms with E-state index < -0.39 is 0 Å². The van der Waals surface area contributed by atoms with Gasteiger partial charge in [0.1, 0.15) is 5.82 Å². The number of rotatable bonds is 1. The van der Waals surface area contributed by atoms with Crippen LogP contribution >= 0.6 is 11.6 Å². The molecule has 2 N–H and O–H groups in total. The second-order valence-corrected chi connectivity index (χ2v) is 7.75. The van der Waals surface area contributed by atoms with Crippen LogP contribution in [0.3, 0.4) is 0 Å². The number of nitrogens with zero attached hydrogens (tertiary/aromatic N) is 2. The SMILES string of the molecule is CC(C)(C)C1CCC(c2nc3c(Cl)cccn3c2N)CC1. The first-order chi connectivity index (χ1) is 9.88. The van der Waals surface area contributed by atoms with E-state index in [1.807, 2.05) is 22.7 Å². The lowest BCUT2D eigenvalue weighted by atomic mass is 9.69. The van der Waals surface area contributed by atoms with Crippen molar-refractivity contribution in [3.8, 4) is 0 Å². The standard InChI is InChI=1S/C17H24ClN3/c1-17(2,3)12-8-6-11(7-9-12)14-15(19)21-10-4-5-13(18)16(21)20-14/h4-5,10-12H,6-9,19H2,1-3H3. The van der Waals surface area contributed by atoms with Crippen molar-refractivity contribution in [2.75, 3.05) is 5.73 Å². The highest BCUT2D eigenvalue weighted by molar-refractivity contribution is 6.33. The highest BCUT2D eigenvalue weighted by Crippen LogP contribution is 2.44. The number of hydrogen-bond donors (Lipinski definition) is 1. The van der Waals surface area contributed by atoms with E-state index in [1.54, 1.807) is 0 Å². The molecule has 0 spiro atoms. The third kappa shape index (κ3) is 2.64. The van der Waals surface area contributed by atoms with Gasteiger partial charge in [0.05, 0.1) is 10.7 Å². The fourth-order valence-corrected chi connectivity index (χ4v) is 3.81. The molecule has 0 aromatic carbocycles. The zero-order valence-electron chi connectivity index (χ0n) is 13.1. The number of imidazole rings is 1. The Bertz CT molecular complexity index is 646. The van der Waals surface area contributed by atoms with Crippen LogP contribution in [0.25, 0.3) is 5.65 Å². The molecular formula is C17H24ClN3. The minimum Gasteiger partial charge on any atom is -0.383 e. The van der Waals surface area contributed by atoms with Crippen LogP contribution in [-0.4, -0.2) is 9.38 Å². The predicted molar refractivity (Wildman–Crippen MR) is 88.8 cm³/mol. The topological polar surface area (TPSA) is 43.3 Å². The second kappa shape index (κ2) is 5.20. The molecule has 2 heterocycles. The van der Waals surface area contributed by atoms with Gasteiger partial charge in [0.2, 0.25) is 0 Å². The number of aromatic nitrogens is 2. The Morgan fingerprint density at radius 3 is 2.48 bits per heavy atom. The molecule has 2 aromatic rings. The highest BCUT2D eigenvalue weighted by atomic mass is 35.5. The van der Waals surface area contributed by atoms with Crippen LogP contribution < -0.4 is 5.73 Å². The largest absolute Gasteiger partial charge is 0.383 e. The summed E-state index contributed by atoms with van der Waals surface area (Å²) in [6, 6.07) is 3.78. The van der Waals surface area contributed by atoms with Crippen molar-refractivity contribution >= 4 is 23.1 Å². The van der Waals surface area contributed by atoms with Crippen molar-refractivity contribution in [1.29, 1.82) is 0 Å². The van der Waals surface area contributed by atoms with Gasteiger partial charge in [-0.2, -0.15) is 0 Å². The molecule has 1 fully saturated rings. The molecule has 114 valence electrons. The van der Waals surface area contributed by atoms with Gasteiger partial charge in [0, 0.05) is 12.1 Å². The monoisotopic (exact) mass is 305 g/mol. The molecule has 2 aromatic heterocycles. The van der Waals surface area contributed by atoms with Crippen LogP contribution in [0.4, 0.5) is 5.82 Å². The van der Waals surface area contributed by atoms with Crippen LogP contribution in [0.2, 0.25) is 5.02 Å². The van der Waals surface area contributed by atoms with Gasteiger partial charge in [0.15, 0.2) is 5.65 Å². The number of hydrogen-bond acceptors (Lipinski definition) is 2. The summed E-state index contributed by atoms with van der Waals surface area (Å²) in [5.41, 5.74) is 8.52. The van der Waals surface area contributed by atoms with Gasteiger partial charge < -0.3 is 5.73 Å². The number of fused-ring (bicyclic) bond motifs is 1. The highest BCUT2D eigenvalue weighted by Gasteiger charge is 2.32. The fraction of sp³-hybridized carbons (Fsp3) is 0.588. The molecular weight excluding hydrogens is 282 g/mol. The van der Waals surface area contributed by atoms with E-state index in [-0.39, 0.29) is 0 Å². The third-order valence-electron chi connectivity index (χ3n) is 5.01. The van der Waals surface area contributed by atoms with Crippen LogP contribution in [0.1, 0.15) is 58.1 Å². The molecule has 0 saturated heterocycles. The first kappa shape index (κ1) is 14.7. The van der Waals surface area contributed by atoms with E-state index in [0.717, 1.165) is 23.1 Å². The summed E-state index contributed by atoms with van der Waals surface area (Å²) in [6.45, 7) is 7.03. The van der Waals surface area contributed by atoms with E-state index in [0.29, 0.717) is 16.4 Å². The summed E-state index contributed by atoms with van der Waals surface area (Å²) in [7, 11) is 0. The van der Waals surface area contributed by atoms with Crippen LogP contribution in [0, 0.1) is 11.3 Å². The lowest BCUT2D eigenvalue weighted by molar-refractivity contribution is 0.168. The molecule has 1 aliphatic rings. The summed E-state index contributed by atoms with van der Waals surface area (Å²) in [5.74, 6) is 2.03. The maximum atomic E-state index is 6.30. The molecule has 1 saturated carbocycles. The van der Waals surface area contributed by atoms with E-state index in [4.69, 9.17) is 22.3 Å². The Balaban J connectivity index is 1.86. The van der Waals surface area contributed by atoms with Crippen molar-refractivity contribution in [2.24, 2.45) is 11.3 Å². The lowest BCUT2D eigenvalue weighted by Gasteiger charge is -2.36. The third-order valence-corrected chi connectivity index (χ3v) is 5.30. The summed E-state index contributed by atoms with van der Waals surface area (Å²) < 4.78 is 1.91. The molecule has 1 aliphatic carbocycles. The first-order valence-electron chi connectivity index (χ1n) is 7.80. The molecule has 0 atom stereocenters. The Labute approximate surface area is 131 Å². The molecule has 4 heteroatoms. The number of pyridine rings is 1. The van der Waals surface area contributed by atoms with Crippen molar-refractivity contribution in [3.05, 3.63) is 29.0 Å². The molecule has 3 nitrogen and oxygen atoms in total. The van der Waals surface area contributed by atoms with Crippen molar-refractivity contribution in [3.63, 3.8) is 0 Å². The van der Waals surface area contributed by atoms with Crippen LogP contribution in [-0.2, 0) is 0 Å². The van der Waals surface area contributed by atoms with Gasteiger partial charge in [-0.15, -0.1) is 0 Å². The quantitative estimate of drug-likeness (QED) is 0.815. The molecule has 21 heavy (non-hydrogen) atoms. The smallest absolute Gasteiger partial charge is 0.157 e. The molecule has 0 amide bonds. The summed E-state index contributed by atoms with van der Waals surface area (Å²) in [5, 5.41) is 0.666. The van der Waals surface area contributed by atoms with Crippen molar-refractivity contribution in [1.82, 2.24) is 9.38 Å². The lowest BCUT2D eigenvalue weighted by Crippen LogP contribution is -2.25. The summed E-state index contributed by atoms with van der Waals surface area (Å²) >= 11 is 6.23. The predicted octanol–water partition coefficient (Wildman–Crippen LogP) is 4.89. The molecule has 0 unspecified atom stereocenters. The normalized spacial score (nSPS) is 23.6. The Morgan fingerprint density at radius 1 is 1.24 bits per heavy atom. The van der Waals surface area contributed by atoms with Crippen molar-refractivity contribution in [2.45, 2.75) is 52.4 Å². The fourth-order valence-electron chi connectivity index (χ4n) is 3.60. The zero-order chi connectivity index (χ0) is 15.2. The average molecular weight is 306 g/mol. The number of halogens is 1. The zero-order valence-corrected chi connectivity index (χ0v) is 13.8. The minimum atomic E-state index is 0.402. The number of nitrogen functional groups attached to an aromatic ring is 1. The summed E-state index contributed by atoms with van der Waals surface area (Å²) in [4.78, 5) is 4.73. The van der Waals surface area contributed by atoms with E-state index >= 15 is 0 Å². The Kier molecular flexibility index (Phi) is 3.64. The maximum absolute atomic E-state index is 6.30. The summed E-state index contributed by atoms with van der Waals surface area (Å²) in [6.07, 6.45) is 6.81. The molecule has 0 bridgehead atoms. The maximum Gasteiger partial charge on any atom is 0.157 e.